The number of hydrogen-bond acceptors (Lipinski definition) is 3. The number of halogens is 1. The summed E-state index contributed by atoms with van der Waals surface area (Å²) in [6, 6.07) is 5.99. The average Bonchev–Trinajstić information content (AvgIpc) is 3.26. The second-order valence-corrected chi connectivity index (χ2v) is 5.26. The molecule has 0 spiro atoms. The molecule has 0 aliphatic heterocycles. The number of nitrogens with one attached hydrogen (secondary N) is 1. The van der Waals surface area contributed by atoms with Gasteiger partial charge in [-0.1, -0.05) is 6.92 Å². The maximum absolute atomic E-state index is 12.8. The van der Waals surface area contributed by atoms with Crippen molar-refractivity contribution in [2.24, 2.45) is 5.92 Å². The van der Waals surface area contributed by atoms with E-state index in [2.05, 4.69) is 12.2 Å². The first kappa shape index (κ1) is 14.3. The van der Waals surface area contributed by atoms with E-state index in [1.54, 1.807) is 12.1 Å². The zero-order chi connectivity index (χ0) is 13.7. The van der Waals surface area contributed by atoms with E-state index in [9.17, 15) is 9.50 Å². The Morgan fingerprint density at radius 2 is 2.05 bits per heavy atom. The van der Waals surface area contributed by atoms with Crippen LogP contribution in [0.3, 0.4) is 0 Å². The standard InChI is InChI=1S/C15H22FNO2/c1-2-9-17-15(10-18,12-3-4-12)11-19-14-7-5-13(16)6-8-14/h5-8,12,17-18H,2-4,9-11H2,1H3. The number of aliphatic hydroxyl groups excluding tert-OH is 1. The molecule has 1 aromatic carbocycles. The molecule has 1 aliphatic carbocycles. The van der Waals surface area contributed by atoms with Crippen molar-refractivity contribution < 1.29 is 14.2 Å². The zero-order valence-corrected chi connectivity index (χ0v) is 11.4. The summed E-state index contributed by atoms with van der Waals surface area (Å²) in [6.07, 6.45) is 3.28. The third-order valence-corrected chi connectivity index (χ3v) is 3.68. The first-order chi connectivity index (χ1) is 9.20. The van der Waals surface area contributed by atoms with E-state index in [4.69, 9.17) is 4.74 Å². The monoisotopic (exact) mass is 267 g/mol. The Hall–Kier alpha value is -1.13. The topological polar surface area (TPSA) is 41.5 Å². The average molecular weight is 267 g/mol. The largest absolute Gasteiger partial charge is 0.492 e. The molecule has 4 heteroatoms. The SMILES string of the molecule is CCCNC(CO)(COc1ccc(F)cc1)C1CC1. The number of hydrogen-bond donors (Lipinski definition) is 2. The Kier molecular flexibility index (Phi) is 4.77. The molecular formula is C15H22FNO2. The van der Waals surface area contributed by atoms with Crippen LogP contribution in [0.5, 0.6) is 5.75 Å². The molecule has 1 fully saturated rings. The van der Waals surface area contributed by atoms with E-state index in [1.165, 1.54) is 12.1 Å². The summed E-state index contributed by atoms with van der Waals surface area (Å²) >= 11 is 0. The summed E-state index contributed by atoms with van der Waals surface area (Å²) in [6.45, 7) is 3.45. The molecule has 1 atom stereocenters. The minimum atomic E-state index is -0.357. The normalized spacial score (nSPS) is 18.1. The van der Waals surface area contributed by atoms with Gasteiger partial charge in [0.15, 0.2) is 0 Å². The zero-order valence-electron chi connectivity index (χ0n) is 11.4. The molecule has 0 saturated heterocycles. The Balaban J connectivity index is 1.97. The molecule has 1 aliphatic rings. The van der Waals surface area contributed by atoms with Gasteiger partial charge in [0.25, 0.3) is 0 Å². The summed E-state index contributed by atoms with van der Waals surface area (Å²) in [5, 5.41) is 13.2. The fourth-order valence-corrected chi connectivity index (χ4v) is 2.30. The Morgan fingerprint density at radius 3 is 2.58 bits per heavy atom. The van der Waals surface area contributed by atoms with E-state index in [-0.39, 0.29) is 18.0 Å². The maximum Gasteiger partial charge on any atom is 0.123 e. The van der Waals surface area contributed by atoms with Gasteiger partial charge in [0.1, 0.15) is 18.2 Å². The highest BCUT2D eigenvalue weighted by Crippen LogP contribution is 2.40. The van der Waals surface area contributed by atoms with E-state index < -0.39 is 0 Å². The van der Waals surface area contributed by atoms with Gasteiger partial charge in [0.2, 0.25) is 0 Å². The number of benzene rings is 1. The lowest BCUT2D eigenvalue weighted by atomic mass is 9.95. The van der Waals surface area contributed by atoms with Crippen molar-refractivity contribution in [3.63, 3.8) is 0 Å². The molecule has 0 heterocycles. The Bertz CT molecular complexity index is 392. The van der Waals surface area contributed by atoms with Crippen molar-refractivity contribution in [3.05, 3.63) is 30.1 Å². The third kappa shape index (κ3) is 3.67. The fourth-order valence-electron chi connectivity index (χ4n) is 2.30. The van der Waals surface area contributed by atoms with Crippen LogP contribution in [0.2, 0.25) is 0 Å². The van der Waals surface area contributed by atoms with Gasteiger partial charge in [0, 0.05) is 0 Å². The van der Waals surface area contributed by atoms with Gasteiger partial charge in [-0.3, -0.25) is 0 Å². The summed E-state index contributed by atoms with van der Waals surface area (Å²) < 4.78 is 18.6. The van der Waals surface area contributed by atoms with Crippen LogP contribution in [0, 0.1) is 11.7 Å². The first-order valence-corrected chi connectivity index (χ1v) is 6.94. The molecule has 0 aromatic heterocycles. The van der Waals surface area contributed by atoms with E-state index in [0.717, 1.165) is 25.8 Å². The highest BCUT2D eigenvalue weighted by atomic mass is 19.1. The van der Waals surface area contributed by atoms with Crippen LogP contribution in [0.25, 0.3) is 0 Å². The summed E-state index contributed by atoms with van der Waals surface area (Å²) in [5.74, 6) is 0.842. The molecule has 106 valence electrons. The molecule has 3 nitrogen and oxygen atoms in total. The molecule has 0 bridgehead atoms. The Morgan fingerprint density at radius 1 is 1.37 bits per heavy atom. The van der Waals surface area contributed by atoms with Crippen molar-refractivity contribution in [1.82, 2.24) is 5.32 Å². The van der Waals surface area contributed by atoms with Gasteiger partial charge in [-0.2, -0.15) is 0 Å². The van der Waals surface area contributed by atoms with Crippen LogP contribution in [0.4, 0.5) is 4.39 Å². The minimum Gasteiger partial charge on any atom is -0.492 e. The van der Waals surface area contributed by atoms with E-state index >= 15 is 0 Å². The lowest BCUT2D eigenvalue weighted by Crippen LogP contribution is -2.55. The maximum atomic E-state index is 12.8. The van der Waals surface area contributed by atoms with Crippen molar-refractivity contribution in [2.75, 3.05) is 19.8 Å². The predicted octanol–water partition coefficient (Wildman–Crippen LogP) is 2.35. The van der Waals surface area contributed by atoms with Crippen LogP contribution in [-0.4, -0.2) is 30.4 Å². The second kappa shape index (κ2) is 6.35. The summed E-state index contributed by atoms with van der Waals surface area (Å²) in [4.78, 5) is 0. The van der Waals surface area contributed by atoms with Crippen LogP contribution in [0.1, 0.15) is 26.2 Å². The Labute approximate surface area is 113 Å². The van der Waals surface area contributed by atoms with Crippen molar-refractivity contribution in [3.8, 4) is 5.75 Å². The molecular weight excluding hydrogens is 245 g/mol. The lowest BCUT2D eigenvalue weighted by Gasteiger charge is -2.33. The van der Waals surface area contributed by atoms with Gasteiger partial charge in [0.05, 0.1) is 12.1 Å². The van der Waals surface area contributed by atoms with E-state index in [1.807, 2.05) is 0 Å². The predicted molar refractivity (Wildman–Crippen MR) is 72.7 cm³/mol. The number of rotatable bonds is 8. The smallest absolute Gasteiger partial charge is 0.123 e. The van der Waals surface area contributed by atoms with Crippen LogP contribution in [-0.2, 0) is 0 Å². The van der Waals surface area contributed by atoms with Crippen molar-refractivity contribution in [2.45, 2.75) is 31.7 Å². The van der Waals surface area contributed by atoms with Gasteiger partial charge >= 0.3 is 0 Å². The highest BCUT2D eigenvalue weighted by molar-refractivity contribution is 5.22. The van der Waals surface area contributed by atoms with Gasteiger partial charge < -0.3 is 15.2 Å². The molecule has 0 radical (unpaired) electrons. The third-order valence-electron chi connectivity index (χ3n) is 3.68. The summed E-state index contributed by atoms with van der Waals surface area (Å²) in [7, 11) is 0. The number of aliphatic hydroxyl groups is 1. The quantitative estimate of drug-likeness (QED) is 0.759. The molecule has 2 rings (SSSR count). The van der Waals surface area contributed by atoms with Crippen LogP contribution < -0.4 is 10.1 Å². The second-order valence-electron chi connectivity index (χ2n) is 5.26. The molecule has 0 amide bonds. The minimum absolute atomic E-state index is 0.0683. The van der Waals surface area contributed by atoms with Gasteiger partial charge in [-0.15, -0.1) is 0 Å². The molecule has 1 unspecified atom stereocenters. The highest BCUT2D eigenvalue weighted by Gasteiger charge is 2.45. The first-order valence-electron chi connectivity index (χ1n) is 6.94. The van der Waals surface area contributed by atoms with E-state index in [0.29, 0.717) is 18.3 Å². The molecule has 1 saturated carbocycles. The number of ether oxygens (including phenoxy) is 1. The molecule has 1 aromatic rings. The van der Waals surface area contributed by atoms with Crippen molar-refractivity contribution in [1.29, 1.82) is 0 Å². The lowest BCUT2D eigenvalue weighted by molar-refractivity contribution is 0.0850. The van der Waals surface area contributed by atoms with Crippen LogP contribution >= 0.6 is 0 Å². The van der Waals surface area contributed by atoms with Gasteiger partial charge in [-0.05, 0) is 56.0 Å². The molecule has 2 N–H and O–H groups in total. The summed E-state index contributed by atoms with van der Waals surface area (Å²) in [5.41, 5.74) is -0.357. The van der Waals surface area contributed by atoms with Crippen molar-refractivity contribution >= 4 is 0 Å². The van der Waals surface area contributed by atoms with Gasteiger partial charge in [-0.25, -0.2) is 4.39 Å². The van der Waals surface area contributed by atoms with Crippen LogP contribution in [0.15, 0.2) is 24.3 Å². The fraction of sp³-hybridized carbons (Fsp3) is 0.600. The molecule has 19 heavy (non-hydrogen) atoms.